The monoisotopic (exact) mass is 339 g/mol. The van der Waals surface area contributed by atoms with E-state index in [0.717, 1.165) is 24.6 Å². The maximum atomic E-state index is 5.72. The fourth-order valence-electron chi connectivity index (χ4n) is 3.11. The standard InChI is InChI=1S/C15H17N3O2S.ClH/c16-15-17-7-11(21-15)8-18-5-1-2-12(18)10-3-4-13-14(6-10)20-9-19-13;/h3-4,6-7,12H,1-2,5,8-9H2,(H2,16,17);1H. The molecule has 1 aromatic heterocycles. The van der Waals surface area contributed by atoms with E-state index >= 15 is 0 Å². The Kier molecular flexibility index (Phi) is 4.42. The normalized spacial score (nSPS) is 20.1. The van der Waals surface area contributed by atoms with Crippen molar-refractivity contribution in [2.45, 2.75) is 25.4 Å². The third-order valence-corrected chi connectivity index (χ3v) is 4.89. The topological polar surface area (TPSA) is 60.6 Å². The number of thiazole rings is 1. The fourth-order valence-corrected chi connectivity index (χ4v) is 3.82. The van der Waals surface area contributed by atoms with Crippen molar-refractivity contribution in [1.29, 1.82) is 0 Å². The van der Waals surface area contributed by atoms with Crippen molar-refractivity contribution in [2.75, 3.05) is 19.1 Å². The molecule has 0 radical (unpaired) electrons. The smallest absolute Gasteiger partial charge is 0.231 e. The van der Waals surface area contributed by atoms with E-state index in [0.29, 0.717) is 18.0 Å². The first kappa shape index (κ1) is 15.4. The van der Waals surface area contributed by atoms with Gasteiger partial charge >= 0.3 is 0 Å². The molecule has 1 atom stereocenters. The van der Waals surface area contributed by atoms with E-state index in [2.05, 4.69) is 22.0 Å². The molecule has 0 amide bonds. The summed E-state index contributed by atoms with van der Waals surface area (Å²) in [6.45, 7) is 2.35. The van der Waals surface area contributed by atoms with Crippen LogP contribution in [0.2, 0.25) is 0 Å². The minimum absolute atomic E-state index is 0. The average Bonchev–Trinajstić information content (AvgIpc) is 3.19. The first-order valence-corrected chi connectivity index (χ1v) is 7.95. The molecule has 0 spiro atoms. The van der Waals surface area contributed by atoms with Gasteiger partial charge in [-0.25, -0.2) is 4.98 Å². The number of benzene rings is 1. The Bertz CT molecular complexity index is 664. The molecule has 2 aliphatic heterocycles. The highest BCUT2D eigenvalue weighted by Gasteiger charge is 2.28. The van der Waals surface area contributed by atoms with Gasteiger partial charge in [-0.3, -0.25) is 4.90 Å². The van der Waals surface area contributed by atoms with Crippen LogP contribution in [0.15, 0.2) is 24.4 Å². The number of likely N-dealkylation sites (tertiary alicyclic amines) is 1. The van der Waals surface area contributed by atoms with Crippen LogP contribution in [0.4, 0.5) is 5.13 Å². The quantitative estimate of drug-likeness (QED) is 0.930. The molecular formula is C15H18ClN3O2S. The third kappa shape index (κ3) is 2.86. The van der Waals surface area contributed by atoms with Gasteiger partial charge < -0.3 is 15.2 Å². The molecule has 1 fully saturated rings. The summed E-state index contributed by atoms with van der Waals surface area (Å²) >= 11 is 1.57. The Morgan fingerprint density at radius 3 is 3.00 bits per heavy atom. The van der Waals surface area contributed by atoms with Gasteiger partial charge in [-0.05, 0) is 37.1 Å². The van der Waals surface area contributed by atoms with Crippen LogP contribution >= 0.6 is 23.7 Å². The van der Waals surface area contributed by atoms with Crippen LogP contribution in [0.25, 0.3) is 0 Å². The minimum atomic E-state index is 0. The van der Waals surface area contributed by atoms with Crippen LogP contribution in [0.5, 0.6) is 11.5 Å². The Hall–Kier alpha value is -1.50. The zero-order valence-corrected chi connectivity index (χ0v) is 13.7. The molecule has 22 heavy (non-hydrogen) atoms. The lowest BCUT2D eigenvalue weighted by Crippen LogP contribution is -2.22. The lowest BCUT2D eigenvalue weighted by atomic mass is 10.0. The predicted molar refractivity (Wildman–Crippen MR) is 88.7 cm³/mol. The molecule has 1 saturated heterocycles. The van der Waals surface area contributed by atoms with Gasteiger partial charge in [-0.1, -0.05) is 6.07 Å². The van der Waals surface area contributed by atoms with Gasteiger partial charge in [-0.2, -0.15) is 0 Å². The first-order valence-electron chi connectivity index (χ1n) is 7.13. The van der Waals surface area contributed by atoms with Crippen molar-refractivity contribution in [3.8, 4) is 11.5 Å². The summed E-state index contributed by atoms with van der Waals surface area (Å²) in [6.07, 6.45) is 4.27. The van der Waals surface area contributed by atoms with Gasteiger partial charge in [0.25, 0.3) is 0 Å². The van der Waals surface area contributed by atoms with Crippen molar-refractivity contribution in [1.82, 2.24) is 9.88 Å². The summed E-state index contributed by atoms with van der Waals surface area (Å²) in [6, 6.07) is 6.71. The molecule has 118 valence electrons. The molecule has 3 heterocycles. The summed E-state index contributed by atoms with van der Waals surface area (Å²) < 4.78 is 10.9. The predicted octanol–water partition coefficient (Wildman–Crippen LogP) is 3.21. The van der Waals surface area contributed by atoms with Crippen molar-refractivity contribution < 1.29 is 9.47 Å². The number of nitrogens with two attached hydrogens (primary N) is 1. The molecule has 1 unspecified atom stereocenters. The van der Waals surface area contributed by atoms with Gasteiger partial charge in [0.2, 0.25) is 6.79 Å². The molecule has 0 bridgehead atoms. The largest absolute Gasteiger partial charge is 0.454 e. The number of ether oxygens (including phenoxy) is 2. The van der Waals surface area contributed by atoms with E-state index in [9.17, 15) is 0 Å². The third-order valence-electron chi connectivity index (χ3n) is 4.08. The van der Waals surface area contributed by atoms with Gasteiger partial charge in [0.15, 0.2) is 16.6 Å². The highest BCUT2D eigenvalue weighted by molar-refractivity contribution is 7.15. The highest BCUT2D eigenvalue weighted by Crippen LogP contribution is 2.39. The molecule has 0 aliphatic carbocycles. The van der Waals surface area contributed by atoms with Gasteiger partial charge in [0.1, 0.15) is 0 Å². The number of hydrogen-bond acceptors (Lipinski definition) is 6. The van der Waals surface area contributed by atoms with E-state index in [-0.39, 0.29) is 12.4 Å². The van der Waals surface area contributed by atoms with Crippen LogP contribution in [0, 0.1) is 0 Å². The number of anilines is 1. The van der Waals surface area contributed by atoms with E-state index in [1.54, 1.807) is 11.3 Å². The molecule has 1 aromatic carbocycles. The summed E-state index contributed by atoms with van der Waals surface area (Å²) in [4.78, 5) is 7.85. The number of nitrogens with zero attached hydrogens (tertiary/aromatic N) is 2. The summed E-state index contributed by atoms with van der Waals surface area (Å²) in [7, 11) is 0. The second-order valence-corrected chi connectivity index (χ2v) is 6.55. The Labute approximate surface area is 139 Å². The number of halogens is 1. The number of aromatic nitrogens is 1. The molecule has 7 heteroatoms. The molecule has 2 N–H and O–H groups in total. The first-order chi connectivity index (χ1) is 10.3. The van der Waals surface area contributed by atoms with Gasteiger partial charge in [-0.15, -0.1) is 23.7 Å². The van der Waals surface area contributed by atoms with Crippen molar-refractivity contribution in [3.05, 3.63) is 34.8 Å². The number of nitrogen functional groups attached to an aromatic ring is 1. The zero-order valence-electron chi connectivity index (χ0n) is 12.0. The molecule has 4 rings (SSSR count). The van der Waals surface area contributed by atoms with E-state index in [1.165, 1.54) is 23.3 Å². The fraction of sp³-hybridized carbons (Fsp3) is 0.400. The summed E-state index contributed by atoms with van der Waals surface area (Å²) in [5, 5.41) is 0.642. The van der Waals surface area contributed by atoms with Gasteiger partial charge in [0, 0.05) is 23.7 Å². The van der Waals surface area contributed by atoms with E-state index < -0.39 is 0 Å². The van der Waals surface area contributed by atoms with E-state index in [1.807, 2.05) is 12.3 Å². The molecule has 0 saturated carbocycles. The second kappa shape index (κ2) is 6.32. The Balaban J connectivity index is 0.00000144. The van der Waals surface area contributed by atoms with Crippen LogP contribution in [-0.2, 0) is 6.54 Å². The second-order valence-electron chi connectivity index (χ2n) is 5.41. The Morgan fingerprint density at radius 2 is 2.18 bits per heavy atom. The zero-order chi connectivity index (χ0) is 14.2. The highest BCUT2D eigenvalue weighted by atomic mass is 35.5. The van der Waals surface area contributed by atoms with E-state index in [4.69, 9.17) is 15.2 Å². The van der Waals surface area contributed by atoms with Crippen molar-refractivity contribution >= 4 is 28.9 Å². The molecule has 5 nitrogen and oxygen atoms in total. The number of hydrogen-bond donors (Lipinski definition) is 1. The minimum Gasteiger partial charge on any atom is -0.454 e. The van der Waals surface area contributed by atoms with Crippen LogP contribution in [0.3, 0.4) is 0 Å². The summed E-state index contributed by atoms with van der Waals surface area (Å²) in [5.74, 6) is 1.71. The SMILES string of the molecule is Cl.Nc1ncc(CN2CCCC2c2ccc3c(c2)OCO3)s1. The average molecular weight is 340 g/mol. The lowest BCUT2D eigenvalue weighted by Gasteiger charge is -2.24. The maximum absolute atomic E-state index is 5.72. The number of fused-ring (bicyclic) bond motifs is 1. The lowest BCUT2D eigenvalue weighted by molar-refractivity contribution is 0.174. The molecule has 2 aromatic rings. The Morgan fingerprint density at radius 1 is 1.32 bits per heavy atom. The van der Waals surface area contributed by atoms with Crippen LogP contribution in [-0.4, -0.2) is 23.2 Å². The number of rotatable bonds is 3. The molecule has 2 aliphatic rings. The maximum Gasteiger partial charge on any atom is 0.231 e. The van der Waals surface area contributed by atoms with Crippen molar-refractivity contribution in [3.63, 3.8) is 0 Å². The van der Waals surface area contributed by atoms with Crippen molar-refractivity contribution in [2.24, 2.45) is 0 Å². The molecular weight excluding hydrogens is 322 g/mol. The van der Waals surface area contributed by atoms with Gasteiger partial charge in [0.05, 0.1) is 0 Å². The van der Waals surface area contributed by atoms with Crippen LogP contribution < -0.4 is 15.2 Å². The summed E-state index contributed by atoms with van der Waals surface area (Å²) in [5.41, 5.74) is 7.02. The van der Waals surface area contributed by atoms with Crippen LogP contribution in [0.1, 0.15) is 29.3 Å².